The average Bonchev–Trinajstić information content (AvgIpc) is 2.55. The Morgan fingerprint density at radius 1 is 1.22 bits per heavy atom. The third-order valence-electron chi connectivity index (χ3n) is 3.43. The zero-order chi connectivity index (χ0) is 16.8. The Hall–Kier alpha value is -2.76. The van der Waals surface area contributed by atoms with Gasteiger partial charge in [-0.2, -0.15) is 0 Å². The molecule has 120 valence electrons. The third kappa shape index (κ3) is 4.60. The smallest absolute Gasteiger partial charge is 0.274 e. The number of ketones is 1. The minimum atomic E-state index is -0.347. The lowest BCUT2D eigenvalue weighted by Gasteiger charge is -2.12. The maximum atomic E-state index is 12.3. The fraction of sp³-hybridized carbons (Fsp3) is 0.294. The van der Waals surface area contributed by atoms with E-state index in [1.165, 1.54) is 13.3 Å². The summed E-state index contributed by atoms with van der Waals surface area (Å²) in [6.07, 6.45) is 2.30. The van der Waals surface area contributed by atoms with Gasteiger partial charge in [0.05, 0.1) is 0 Å². The van der Waals surface area contributed by atoms with Crippen LogP contribution in [-0.2, 0) is 0 Å². The van der Waals surface area contributed by atoms with Crippen LogP contribution < -0.4 is 10.6 Å². The van der Waals surface area contributed by atoms with E-state index in [9.17, 15) is 9.59 Å². The van der Waals surface area contributed by atoms with Gasteiger partial charge in [0, 0.05) is 23.4 Å². The van der Waals surface area contributed by atoms with Gasteiger partial charge in [0.2, 0.25) is 0 Å². The number of aromatic nitrogens is 2. The van der Waals surface area contributed by atoms with Gasteiger partial charge in [-0.1, -0.05) is 19.1 Å². The second-order valence-corrected chi connectivity index (χ2v) is 5.33. The Morgan fingerprint density at radius 3 is 2.70 bits per heavy atom. The molecular formula is C17H20N4O2. The summed E-state index contributed by atoms with van der Waals surface area (Å²) < 4.78 is 0. The van der Waals surface area contributed by atoms with Crippen molar-refractivity contribution in [2.45, 2.75) is 33.2 Å². The average molecular weight is 312 g/mol. The van der Waals surface area contributed by atoms with Crippen LogP contribution in [0.1, 0.15) is 48.0 Å². The molecule has 0 radical (unpaired) electrons. The molecule has 0 fully saturated rings. The maximum Gasteiger partial charge on any atom is 0.274 e. The quantitative estimate of drug-likeness (QED) is 0.801. The highest BCUT2D eigenvalue weighted by atomic mass is 16.2. The lowest BCUT2D eigenvalue weighted by atomic mass is 10.1. The van der Waals surface area contributed by atoms with Crippen molar-refractivity contribution >= 4 is 23.2 Å². The zero-order valence-corrected chi connectivity index (χ0v) is 13.5. The monoisotopic (exact) mass is 312 g/mol. The summed E-state index contributed by atoms with van der Waals surface area (Å²) in [5, 5.41) is 5.94. The van der Waals surface area contributed by atoms with E-state index in [1.54, 1.807) is 30.3 Å². The summed E-state index contributed by atoms with van der Waals surface area (Å²) in [5.74, 6) is 0.209. The molecule has 1 amide bonds. The first kappa shape index (κ1) is 16.6. The van der Waals surface area contributed by atoms with Crippen molar-refractivity contribution in [1.29, 1.82) is 0 Å². The number of carbonyl (C=O) groups excluding carboxylic acids is 2. The number of anilines is 2. The highest BCUT2D eigenvalue weighted by molar-refractivity contribution is 6.04. The van der Waals surface area contributed by atoms with E-state index >= 15 is 0 Å². The zero-order valence-electron chi connectivity index (χ0n) is 13.5. The van der Waals surface area contributed by atoms with Gasteiger partial charge < -0.3 is 10.6 Å². The topological polar surface area (TPSA) is 84.0 Å². The van der Waals surface area contributed by atoms with Crippen molar-refractivity contribution in [1.82, 2.24) is 9.97 Å². The standard InChI is InChI=1S/C17H20N4O2/c1-4-11(2)20-16-9-15(18-10-19-16)17(23)21-14-7-5-6-13(8-14)12(3)22/h5-11H,4H2,1-3H3,(H,21,23)(H,18,19,20). The maximum absolute atomic E-state index is 12.3. The lowest BCUT2D eigenvalue weighted by Crippen LogP contribution is -2.17. The molecule has 1 heterocycles. The van der Waals surface area contributed by atoms with Crippen molar-refractivity contribution in [3.8, 4) is 0 Å². The molecular weight excluding hydrogens is 292 g/mol. The Morgan fingerprint density at radius 2 is 2.00 bits per heavy atom. The van der Waals surface area contributed by atoms with Crippen LogP contribution in [0.5, 0.6) is 0 Å². The van der Waals surface area contributed by atoms with E-state index in [1.807, 2.05) is 6.92 Å². The summed E-state index contributed by atoms with van der Waals surface area (Å²) in [6.45, 7) is 5.59. The number of Topliss-reactive ketones (excluding diaryl/α,β-unsaturated/α-hetero) is 1. The highest BCUT2D eigenvalue weighted by Crippen LogP contribution is 2.13. The molecule has 0 saturated carbocycles. The molecule has 1 unspecified atom stereocenters. The Bertz CT molecular complexity index is 715. The van der Waals surface area contributed by atoms with E-state index in [0.717, 1.165) is 6.42 Å². The van der Waals surface area contributed by atoms with Crippen LogP contribution in [0, 0.1) is 0 Å². The Labute approximate surface area is 135 Å². The molecule has 2 rings (SSSR count). The lowest BCUT2D eigenvalue weighted by molar-refractivity contribution is 0.100. The summed E-state index contributed by atoms with van der Waals surface area (Å²) in [6, 6.07) is 8.66. The highest BCUT2D eigenvalue weighted by Gasteiger charge is 2.11. The number of nitrogens with zero attached hydrogens (tertiary/aromatic N) is 2. The number of rotatable bonds is 6. The SMILES string of the molecule is CCC(C)Nc1cc(C(=O)Nc2cccc(C(C)=O)c2)ncn1. The second kappa shape index (κ2) is 7.49. The van der Waals surface area contributed by atoms with Crippen LogP contribution in [0.3, 0.4) is 0 Å². The largest absolute Gasteiger partial charge is 0.368 e. The fourth-order valence-corrected chi connectivity index (χ4v) is 1.93. The van der Waals surface area contributed by atoms with Gasteiger partial charge in [0.15, 0.2) is 5.78 Å². The number of carbonyl (C=O) groups is 2. The van der Waals surface area contributed by atoms with Crippen LogP contribution in [-0.4, -0.2) is 27.7 Å². The number of hydrogen-bond acceptors (Lipinski definition) is 5. The van der Waals surface area contributed by atoms with Gasteiger partial charge in [-0.15, -0.1) is 0 Å². The first-order valence-electron chi connectivity index (χ1n) is 7.50. The van der Waals surface area contributed by atoms with Gasteiger partial charge in [0.25, 0.3) is 5.91 Å². The molecule has 1 aromatic carbocycles. The molecule has 0 aliphatic heterocycles. The van der Waals surface area contributed by atoms with Crippen LogP contribution in [0.15, 0.2) is 36.7 Å². The second-order valence-electron chi connectivity index (χ2n) is 5.33. The molecule has 2 N–H and O–H groups in total. The molecule has 1 aromatic heterocycles. The van der Waals surface area contributed by atoms with Gasteiger partial charge in [0.1, 0.15) is 17.8 Å². The van der Waals surface area contributed by atoms with Crippen LogP contribution in [0.25, 0.3) is 0 Å². The molecule has 0 aliphatic rings. The molecule has 6 nitrogen and oxygen atoms in total. The van der Waals surface area contributed by atoms with Gasteiger partial charge in [-0.05, 0) is 32.4 Å². The first-order valence-corrected chi connectivity index (χ1v) is 7.50. The molecule has 0 spiro atoms. The molecule has 2 aromatic rings. The Kier molecular flexibility index (Phi) is 5.41. The number of nitrogens with one attached hydrogen (secondary N) is 2. The third-order valence-corrected chi connectivity index (χ3v) is 3.43. The van der Waals surface area contributed by atoms with Crippen LogP contribution in [0.4, 0.5) is 11.5 Å². The molecule has 1 atom stereocenters. The molecule has 0 bridgehead atoms. The van der Waals surface area contributed by atoms with Gasteiger partial charge in [-0.25, -0.2) is 9.97 Å². The summed E-state index contributed by atoms with van der Waals surface area (Å²) in [4.78, 5) is 31.8. The van der Waals surface area contributed by atoms with E-state index < -0.39 is 0 Å². The number of hydrogen-bond donors (Lipinski definition) is 2. The van der Waals surface area contributed by atoms with Crippen molar-refractivity contribution in [3.05, 3.63) is 47.9 Å². The minimum Gasteiger partial charge on any atom is -0.368 e. The first-order chi connectivity index (χ1) is 11.0. The predicted octanol–water partition coefficient (Wildman–Crippen LogP) is 3.14. The van der Waals surface area contributed by atoms with Crippen LogP contribution in [0.2, 0.25) is 0 Å². The van der Waals surface area contributed by atoms with E-state index in [-0.39, 0.29) is 23.4 Å². The minimum absolute atomic E-state index is 0.0526. The summed E-state index contributed by atoms with van der Waals surface area (Å²) >= 11 is 0. The van der Waals surface area contributed by atoms with E-state index in [0.29, 0.717) is 17.1 Å². The Balaban J connectivity index is 2.13. The van der Waals surface area contributed by atoms with Crippen molar-refractivity contribution in [2.24, 2.45) is 0 Å². The summed E-state index contributed by atoms with van der Waals surface area (Å²) in [5.41, 5.74) is 1.36. The fourth-order valence-electron chi connectivity index (χ4n) is 1.93. The van der Waals surface area contributed by atoms with Crippen molar-refractivity contribution < 1.29 is 9.59 Å². The van der Waals surface area contributed by atoms with E-state index in [4.69, 9.17) is 0 Å². The molecule has 0 aliphatic carbocycles. The van der Waals surface area contributed by atoms with Gasteiger partial charge in [-0.3, -0.25) is 9.59 Å². The number of benzene rings is 1. The molecule has 23 heavy (non-hydrogen) atoms. The number of amides is 1. The van der Waals surface area contributed by atoms with Crippen LogP contribution >= 0.6 is 0 Å². The normalized spacial score (nSPS) is 11.6. The predicted molar refractivity (Wildman–Crippen MR) is 89.8 cm³/mol. The van der Waals surface area contributed by atoms with Crippen molar-refractivity contribution in [3.63, 3.8) is 0 Å². The molecule has 0 saturated heterocycles. The van der Waals surface area contributed by atoms with E-state index in [2.05, 4.69) is 27.5 Å². The molecule has 6 heteroatoms. The van der Waals surface area contributed by atoms with Gasteiger partial charge >= 0.3 is 0 Å². The van der Waals surface area contributed by atoms with Crippen molar-refractivity contribution in [2.75, 3.05) is 10.6 Å². The summed E-state index contributed by atoms with van der Waals surface area (Å²) in [7, 11) is 0.